The Morgan fingerprint density at radius 2 is 1.62 bits per heavy atom. The molecule has 1 unspecified atom stereocenters. The third-order valence-corrected chi connectivity index (χ3v) is 3.89. The zero-order valence-corrected chi connectivity index (χ0v) is 12.6. The lowest BCUT2D eigenvalue weighted by atomic mass is 9.89. The van der Waals surface area contributed by atoms with E-state index in [2.05, 4.69) is 72.9 Å². The fourth-order valence-electron chi connectivity index (χ4n) is 2.21. The first kappa shape index (κ1) is 14.0. The molecule has 16 heavy (non-hydrogen) atoms. The topological polar surface area (TPSA) is 12.0 Å². The predicted molar refractivity (Wildman–Crippen MR) is 79.6 cm³/mol. The minimum atomic E-state index is 0.511. The van der Waals surface area contributed by atoms with Crippen LogP contribution >= 0.6 is 22.6 Å². The minimum Gasteiger partial charge on any atom is -0.310 e. The number of benzene rings is 1. The van der Waals surface area contributed by atoms with Crippen LogP contribution in [0.3, 0.4) is 0 Å². The molecule has 0 radical (unpaired) electrons. The third kappa shape index (κ3) is 3.74. The van der Waals surface area contributed by atoms with Crippen LogP contribution in [-0.2, 0) is 0 Å². The lowest BCUT2D eigenvalue weighted by molar-refractivity contribution is 0.346. The van der Waals surface area contributed by atoms with Gasteiger partial charge in [-0.25, -0.2) is 0 Å². The molecule has 1 aromatic rings. The van der Waals surface area contributed by atoms with Gasteiger partial charge in [-0.15, -0.1) is 0 Å². The van der Waals surface area contributed by atoms with Gasteiger partial charge in [-0.3, -0.25) is 0 Å². The molecule has 0 amide bonds. The standard InChI is InChI=1S/C14H22IN/c1-4-11(5-2)14(16-6-3)12-7-9-13(15)10-8-12/h7-11,14,16H,4-6H2,1-3H3. The summed E-state index contributed by atoms with van der Waals surface area (Å²) in [5.74, 6) is 0.736. The molecule has 0 bridgehead atoms. The Morgan fingerprint density at radius 1 is 1.06 bits per heavy atom. The zero-order valence-electron chi connectivity index (χ0n) is 10.5. The van der Waals surface area contributed by atoms with Gasteiger partial charge < -0.3 is 5.32 Å². The van der Waals surface area contributed by atoms with E-state index in [0.29, 0.717) is 6.04 Å². The molecule has 0 aliphatic carbocycles. The van der Waals surface area contributed by atoms with Crippen molar-refractivity contribution >= 4 is 22.6 Å². The fourth-order valence-corrected chi connectivity index (χ4v) is 2.57. The number of nitrogens with one attached hydrogen (secondary N) is 1. The highest BCUT2D eigenvalue weighted by Crippen LogP contribution is 2.27. The predicted octanol–water partition coefficient (Wildman–Crippen LogP) is 4.38. The van der Waals surface area contributed by atoms with Gasteiger partial charge in [-0.2, -0.15) is 0 Å². The zero-order chi connectivity index (χ0) is 12.0. The van der Waals surface area contributed by atoms with Crippen molar-refractivity contribution in [2.24, 2.45) is 5.92 Å². The molecule has 0 aliphatic rings. The SMILES string of the molecule is CCNC(c1ccc(I)cc1)C(CC)CC. The second-order valence-electron chi connectivity index (χ2n) is 4.16. The van der Waals surface area contributed by atoms with Crippen molar-refractivity contribution in [3.8, 4) is 0 Å². The average molecular weight is 331 g/mol. The molecule has 0 aliphatic heterocycles. The van der Waals surface area contributed by atoms with Crippen molar-refractivity contribution < 1.29 is 0 Å². The van der Waals surface area contributed by atoms with Crippen molar-refractivity contribution in [3.05, 3.63) is 33.4 Å². The summed E-state index contributed by atoms with van der Waals surface area (Å²) in [5.41, 5.74) is 1.43. The summed E-state index contributed by atoms with van der Waals surface area (Å²) >= 11 is 2.36. The maximum atomic E-state index is 3.62. The van der Waals surface area contributed by atoms with E-state index in [1.807, 2.05) is 0 Å². The number of rotatable bonds is 6. The van der Waals surface area contributed by atoms with Crippen LogP contribution < -0.4 is 5.32 Å². The molecule has 0 fully saturated rings. The summed E-state index contributed by atoms with van der Waals surface area (Å²) in [7, 11) is 0. The number of halogens is 1. The molecule has 1 N–H and O–H groups in total. The van der Waals surface area contributed by atoms with E-state index in [-0.39, 0.29) is 0 Å². The largest absolute Gasteiger partial charge is 0.310 e. The van der Waals surface area contributed by atoms with Gasteiger partial charge in [-0.1, -0.05) is 45.7 Å². The van der Waals surface area contributed by atoms with E-state index in [1.54, 1.807) is 0 Å². The van der Waals surface area contributed by atoms with Crippen LogP contribution in [0, 0.1) is 9.49 Å². The summed E-state index contributed by atoms with van der Waals surface area (Å²) in [4.78, 5) is 0. The molecule has 0 spiro atoms. The molecule has 0 saturated heterocycles. The van der Waals surface area contributed by atoms with Crippen LogP contribution in [0.5, 0.6) is 0 Å². The number of hydrogen-bond acceptors (Lipinski definition) is 1. The Balaban J connectivity index is 2.87. The summed E-state index contributed by atoms with van der Waals surface area (Å²) in [5, 5.41) is 3.62. The number of hydrogen-bond donors (Lipinski definition) is 1. The molecule has 0 saturated carbocycles. The van der Waals surface area contributed by atoms with Crippen molar-refractivity contribution in [3.63, 3.8) is 0 Å². The van der Waals surface area contributed by atoms with E-state index in [9.17, 15) is 0 Å². The van der Waals surface area contributed by atoms with Crippen LogP contribution in [0.1, 0.15) is 45.2 Å². The summed E-state index contributed by atoms with van der Waals surface area (Å²) in [6, 6.07) is 9.42. The Labute approximate surface area is 113 Å². The Kier molecular flexibility index (Phi) is 6.36. The molecule has 1 rings (SSSR count). The second kappa shape index (κ2) is 7.28. The highest BCUT2D eigenvalue weighted by atomic mass is 127. The van der Waals surface area contributed by atoms with Gasteiger partial charge in [-0.05, 0) is 52.7 Å². The van der Waals surface area contributed by atoms with Crippen molar-refractivity contribution in [1.82, 2.24) is 5.32 Å². The summed E-state index contributed by atoms with van der Waals surface area (Å²) < 4.78 is 1.31. The van der Waals surface area contributed by atoms with Crippen LogP contribution in [0.4, 0.5) is 0 Å². The van der Waals surface area contributed by atoms with Crippen LogP contribution in [0.25, 0.3) is 0 Å². The van der Waals surface area contributed by atoms with Crippen molar-refractivity contribution in [2.45, 2.75) is 39.7 Å². The molecule has 2 heteroatoms. The van der Waals surface area contributed by atoms with Gasteiger partial charge in [0.25, 0.3) is 0 Å². The molecule has 90 valence electrons. The van der Waals surface area contributed by atoms with E-state index in [0.717, 1.165) is 12.5 Å². The Hall–Kier alpha value is -0.0900. The van der Waals surface area contributed by atoms with Crippen LogP contribution in [-0.4, -0.2) is 6.54 Å². The maximum Gasteiger partial charge on any atom is 0.0348 e. The monoisotopic (exact) mass is 331 g/mol. The Morgan fingerprint density at radius 3 is 2.06 bits per heavy atom. The lowest BCUT2D eigenvalue weighted by Gasteiger charge is -2.26. The first-order chi connectivity index (χ1) is 7.72. The highest BCUT2D eigenvalue weighted by molar-refractivity contribution is 14.1. The van der Waals surface area contributed by atoms with Gasteiger partial charge in [0.05, 0.1) is 0 Å². The van der Waals surface area contributed by atoms with Gasteiger partial charge in [0.1, 0.15) is 0 Å². The first-order valence-corrected chi connectivity index (χ1v) is 7.29. The third-order valence-electron chi connectivity index (χ3n) is 3.17. The van der Waals surface area contributed by atoms with E-state index >= 15 is 0 Å². The Bertz CT molecular complexity index is 290. The van der Waals surface area contributed by atoms with Gasteiger partial charge in [0, 0.05) is 9.61 Å². The van der Waals surface area contributed by atoms with E-state index in [4.69, 9.17) is 0 Å². The van der Waals surface area contributed by atoms with Gasteiger partial charge in [0.15, 0.2) is 0 Å². The van der Waals surface area contributed by atoms with Crippen molar-refractivity contribution in [2.75, 3.05) is 6.54 Å². The average Bonchev–Trinajstić information content (AvgIpc) is 2.31. The fraction of sp³-hybridized carbons (Fsp3) is 0.571. The minimum absolute atomic E-state index is 0.511. The molecule has 1 atom stereocenters. The van der Waals surface area contributed by atoms with E-state index in [1.165, 1.54) is 22.0 Å². The normalized spacial score (nSPS) is 13.1. The van der Waals surface area contributed by atoms with Gasteiger partial charge in [0.2, 0.25) is 0 Å². The smallest absolute Gasteiger partial charge is 0.0348 e. The lowest BCUT2D eigenvalue weighted by Crippen LogP contribution is -2.27. The maximum absolute atomic E-state index is 3.62. The molecular weight excluding hydrogens is 309 g/mol. The van der Waals surface area contributed by atoms with Gasteiger partial charge >= 0.3 is 0 Å². The van der Waals surface area contributed by atoms with Crippen molar-refractivity contribution in [1.29, 1.82) is 0 Å². The van der Waals surface area contributed by atoms with Crippen LogP contribution in [0.2, 0.25) is 0 Å². The van der Waals surface area contributed by atoms with Crippen LogP contribution in [0.15, 0.2) is 24.3 Å². The highest BCUT2D eigenvalue weighted by Gasteiger charge is 2.18. The molecule has 0 aromatic heterocycles. The molecule has 1 nitrogen and oxygen atoms in total. The molecule has 0 heterocycles. The molecular formula is C14H22IN. The second-order valence-corrected chi connectivity index (χ2v) is 5.41. The molecule has 1 aromatic carbocycles. The quantitative estimate of drug-likeness (QED) is 0.763. The summed E-state index contributed by atoms with van der Waals surface area (Å²) in [6.07, 6.45) is 2.47. The summed E-state index contributed by atoms with van der Waals surface area (Å²) in [6.45, 7) is 7.78. The first-order valence-electron chi connectivity index (χ1n) is 6.21. The van der Waals surface area contributed by atoms with E-state index < -0.39 is 0 Å².